The van der Waals surface area contributed by atoms with E-state index < -0.39 is 17.6 Å². The van der Waals surface area contributed by atoms with E-state index in [2.05, 4.69) is 20.6 Å². The zero-order valence-corrected chi connectivity index (χ0v) is 17.8. The highest BCUT2D eigenvalue weighted by Crippen LogP contribution is 2.30. The van der Waals surface area contributed by atoms with Gasteiger partial charge in [0.2, 0.25) is 0 Å². The summed E-state index contributed by atoms with van der Waals surface area (Å²) in [5.74, 6) is 0.505. The van der Waals surface area contributed by atoms with Crippen molar-refractivity contribution < 1.29 is 22.7 Å². The highest BCUT2D eigenvalue weighted by Gasteiger charge is 2.30. The van der Waals surface area contributed by atoms with Gasteiger partial charge in [-0.3, -0.25) is 14.6 Å². The highest BCUT2D eigenvalue weighted by atomic mass is 19.4. The number of carbonyl (C=O) groups excluding carboxylic acids is 1. The number of hydrogen-bond acceptors (Lipinski definition) is 4. The standard InChI is InChI=1S/C23H20F3N5O2/c1-14-9-21(30-31(14)13-15-5-3-7-17(10-15)23(24,25)26)27-22(32)20-12-19(28-29-20)16-6-4-8-18(11-16)33-2/h3-12H,13H2,1-2H3,(H,28,29)(H,27,30,32). The second kappa shape index (κ2) is 8.81. The Balaban J connectivity index is 1.47. The minimum atomic E-state index is -4.41. The zero-order chi connectivity index (χ0) is 23.6. The lowest BCUT2D eigenvalue weighted by molar-refractivity contribution is -0.137. The second-order valence-corrected chi connectivity index (χ2v) is 7.38. The third-order valence-electron chi connectivity index (χ3n) is 5.00. The van der Waals surface area contributed by atoms with Gasteiger partial charge in [-0.1, -0.05) is 24.3 Å². The molecule has 0 aliphatic heterocycles. The van der Waals surface area contributed by atoms with Gasteiger partial charge in [-0.15, -0.1) is 0 Å². The topological polar surface area (TPSA) is 84.8 Å². The molecular formula is C23H20F3N5O2. The number of anilines is 1. The number of aromatic nitrogens is 4. The fourth-order valence-electron chi connectivity index (χ4n) is 3.30. The van der Waals surface area contributed by atoms with E-state index in [-0.39, 0.29) is 18.1 Å². The number of aryl methyl sites for hydroxylation is 1. The Morgan fingerprint density at radius 3 is 2.67 bits per heavy atom. The molecule has 1 amide bonds. The van der Waals surface area contributed by atoms with E-state index in [1.54, 1.807) is 38.3 Å². The number of aromatic amines is 1. The van der Waals surface area contributed by atoms with Crippen LogP contribution in [0, 0.1) is 6.92 Å². The summed E-state index contributed by atoms with van der Waals surface area (Å²) in [6, 6.07) is 15.6. The number of H-pyrrole nitrogens is 1. The van der Waals surface area contributed by atoms with Crippen LogP contribution in [0.15, 0.2) is 60.7 Å². The number of methoxy groups -OCH3 is 1. The minimum absolute atomic E-state index is 0.135. The normalized spacial score (nSPS) is 11.4. The first-order chi connectivity index (χ1) is 15.7. The molecule has 2 aromatic heterocycles. The summed E-state index contributed by atoms with van der Waals surface area (Å²) in [6.45, 7) is 1.89. The third kappa shape index (κ3) is 5.05. The number of rotatable bonds is 6. The molecule has 0 saturated carbocycles. The van der Waals surface area contributed by atoms with E-state index in [0.717, 1.165) is 17.7 Å². The Morgan fingerprint density at radius 2 is 1.91 bits per heavy atom. The lowest BCUT2D eigenvalue weighted by Crippen LogP contribution is -2.13. The van der Waals surface area contributed by atoms with Gasteiger partial charge < -0.3 is 10.1 Å². The second-order valence-electron chi connectivity index (χ2n) is 7.38. The van der Waals surface area contributed by atoms with Gasteiger partial charge in [0.25, 0.3) is 5.91 Å². The number of alkyl halides is 3. The molecule has 2 aromatic carbocycles. The van der Waals surface area contributed by atoms with E-state index in [0.29, 0.717) is 22.7 Å². The van der Waals surface area contributed by atoms with Crippen LogP contribution in [0.1, 0.15) is 27.3 Å². The summed E-state index contributed by atoms with van der Waals surface area (Å²) >= 11 is 0. The van der Waals surface area contributed by atoms with Crippen molar-refractivity contribution in [3.63, 3.8) is 0 Å². The van der Waals surface area contributed by atoms with Gasteiger partial charge in [0, 0.05) is 17.3 Å². The molecule has 0 aliphatic carbocycles. The number of ether oxygens (including phenoxy) is 1. The van der Waals surface area contributed by atoms with Crippen molar-refractivity contribution in [3.05, 3.63) is 83.2 Å². The number of benzene rings is 2. The number of nitrogens with zero attached hydrogens (tertiary/aromatic N) is 3. The number of amides is 1. The molecule has 0 spiro atoms. The fourth-order valence-corrected chi connectivity index (χ4v) is 3.30. The predicted octanol–water partition coefficient (Wildman–Crippen LogP) is 4.91. The SMILES string of the molecule is COc1cccc(-c2cc(C(=O)Nc3cc(C)n(Cc4cccc(C(F)(F)F)c4)n3)[nH]n2)c1. The van der Waals surface area contributed by atoms with Crippen molar-refractivity contribution in [3.8, 4) is 17.0 Å². The van der Waals surface area contributed by atoms with Gasteiger partial charge in [-0.2, -0.15) is 23.4 Å². The van der Waals surface area contributed by atoms with Crippen LogP contribution in [0.4, 0.5) is 19.0 Å². The lowest BCUT2D eigenvalue weighted by Gasteiger charge is -2.09. The monoisotopic (exact) mass is 455 g/mol. The van der Waals surface area contributed by atoms with Gasteiger partial charge in [-0.25, -0.2) is 0 Å². The van der Waals surface area contributed by atoms with Crippen LogP contribution in [-0.4, -0.2) is 33.0 Å². The Hall–Kier alpha value is -4.08. The van der Waals surface area contributed by atoms with Crippen LogP contribution < -0.4 is 10.1 Å². The van der Waals surface area contributed by atoms with Gasteiger partial charge in [-0.05, 0) is 42.8 Å². The van der Waals surface area contributed by atoms with Crippen LogP contribution in [-0.2, 0) is 12.7 Å². The molecule has 0 fully saturated rings. The Labute approximate surface area is 187 Å². The molecule has 0 saturated heterocycles. The van der Waals surface area contributed by atoms with Gasteiger partial charge in [0.05, 0.1) is 24.9 Å². The van der Waals surface area contributed by atoms with Crippen molar-refractivity contribution in [1.82, 2.24) is 20.0 Å². The summed E-state index contributed by atoms with van der Waals surface area (Å²) in [5, 5.41) is 13.9. The molecule has 4 rings (SSSR count). The van der Waals surface area contributed by atoms with Crippen molar-refractivity contribution in [2.45, 2.75) is 19.6 Å². The number of nitrogens with one attached hydrogen (secondary N) is 2. The molecule has 0 unspecified atom stereocenters. The summed E-state index contributed by atoms with van der Waals surface area (Å²) in [4.78, 5) is 12.6. The molecular weight excluding hydrogens is 435 g/mol. The summed E-state index contributed by atoms with van der Waals surface area (Å²) in [6.07, 6.45) is -4.41. The van der Waals surface area contributed by atoms with Gasteiger partial charge >= 0.3 is 6.18 Å². The van der Waals surface area contributed by atoms with E-state index in [1.165, 1.54) is 10.7 Å². The molecule has 0 aliphatic rings. The number of carbonyl (C=O) groups is 1. The Bertz CT molecular complexity index is 1290. The maximum atomic E-state index is 13.0. The average molecular weight is 455 g/mol. The van der Waals surface area contributed by atoms with Crippen LogP contribution in [0.25, 0.3) is 11.3 Å². The van der Waals surface area contributed by atoms with Crippen molar-refractivity contribution in [2.75, 3.05) is 12.4 Å². The molecule has 0 bridgehead atoms. The van der Waals surface area contributed by atoms with E-state index in [1.807, 2.05) is 18.2 Å². The smallest absolute Gasteiger partial charge is 0.416 e. The van der Waals surface area contributed by atoms with Crippen molar-refractivity contribution in [2.24, 2.45) is 0 Å². The number of hydrogen-bond donors (Lipinski definition) is 2. The molecule has 10 heteroatoms. The van der Waals surface area contributed by atoms with Crippen molar-refractivity contribution >= 4 is 11.7 Å². The van der Waals surface area contributed by atoms with Crippen LogP contribution >= 0.6 is 0 Å². The maximum Gasteiger partial charge on any atom is 0.416 e. The zero-order valence-electron chi connectivity index (χ0n) is 17.8. The Kier molecular flexibility index (Phi) is 5.91. The molecule has 7 nitrogen and oxygen atoms in total. The van der Waals surface area contributed by atoms with E-state index in [4.69, 9.17) is 4.74 Å². The molecule has 2 heterocycles. The summed E-state index contributed by atoms with van der Waals surface area (Å²) < 4.78 is 45.6. The van der Waals surface area contributed by atoms with Crippen LogP contribution in [0.2, 0.25) is 0 Å². The van der Waals surface area contributed by atoms with E-state index in [9.17, 15) is 18.0 Å². The highest BCUT2D eigenvalue weighted by molar-refractivity contribution is 6.02. The fraction of sp³-hybridized carbons (Fsp3) is 0.174. The first kappa shape index (κ1) is 22.1. The van der Waals surface area contributed by atoms with Crippen LogP contribution in [0.3, 0.4) is 0 Å². The Morgan fingerprint density at radius 1 is 1.12 bits per heavy atom. The average Bonchev–Trinajstić information content (AvgIpc) is 3.41. The quantitative estimate of drug-likeness (QED) is 0.433. The third-order valence-corrected chi connectivity index (χ3v) is 5.00. The number of halogens is 3. The summed E-state index contributed by atoms with van der Waals surface area (Å²) in [5.41, 5.74) is 2.01. The molecule has 0 atom stereocenters. The van der Waals surface area contributed by atoms with Crippen LogP contribution in [0.5, 0.6) is 5.75 Å². The molecule has 2 N–H and O–H groups in total. The predicted molar refractivity (Wildman–Crippen MR) is 116 cm³/mol. The maximum absolute atomic E-state index is 13.0. The molecule has 0 radical (unpaired) electrons. The van der Waals surface area contributed by atoms with E-state index >= 15 is 0 Å². The lowest BCUT2D eigenvalue weighted by atomic mass is 10.1. The summed E-state index contributed by atoms with van der Waals surface area (Å²) in [7, 11) is 1.57. The molecule has 170 valence electrons. The minimum Gasteiger partial charge on any atom is -0.497 e. The molecule has 4 aromatic rings. The first-order valence-electron chi connectivity index (χ1n) is 9.95. The molecule has 33 heavy (non-hydrogen) atoms. The first-order valence-corrected chi connectivity index (χ1v) is 9.95. The van der Waals surface area contributed by atoms with Crippen molar-refractivity contribution in [1.29, 1.82) is 0 Å². The van der Waals surface area contributed by atoms with Gasteiger partial charge in [0.15, 0.2) is 5.82 Å². The van der Waals surface area contributed by atoms with Gasteiger partial charge in [0.1, 0.15) is 11.4 Å². The largest absolute Gasteiger partial charge is 0.497 e.